The van der Waals surface area contributed by atoms with Crippen molar-refractivity contribution < 1.29 is 14.1 Å². The molecule has 0 heterocycles. The Hall–Kier alpha value is -2.18. The third-order valence-corrected chi connectivity index (χ3v) is 3.19. The summed E-state index contributed by atoms with van der Waals surface area (Å²) in [7, 11) is 0. The van der Waals surface area contributed by atoms with Crippen molar-refractivity contribution in [2.24, 2.45) is 11.1 Å². The lowest BCUT2D eigenvalue weighted by Crippen LogP contribution is -2.22. The number of nitrogens with two attached hydrogens (primary N) is 1. The van der Waals surface area contributed by atoms with Crippen LogP contribution in [0.1, 0.15) is 19.3 Å². The van der Waals surface area contributed by atoms with Crippen molar-refractivity contribution in [1.82, 2.24) is 0 Å². The van der Waals surface area contributed by atoms with Crippen molar-refractivity contribution in [2.75, 3.05) is 6.61 Å². The SMILES string of the molecule is N=C(N)CC1(COc2c(F)cccc2[N+](=O)[O-])CC1. The zero-order valence-corrected chi connectivity index (χ0v) is 10.2. The third kappa shape index (κ3) is 2.98. The molecule has 1 aromatic rings. The van der Waals surface area contributed by atoms with Gasteiger partial charge in [0.1, 0.15) is 0 Å². The van der Waals surface area contributed by atoms with E-state index in [4.69, 9.17) is 15.9 Å². The molecule has 0 unspecified atom stereocenters. The van der Waals surface area contributed by atoms with E-state index in [1.807, 2.05) is 0 Å². The number of nitrogens with one attached hydrogen (secondary N) is 1. The highest BCUT2D eigenvalue weighted by Gasteiger charge is 2.44. The van der Waals surface area contributed by atoms with Gasteiger partial charge in [-0.3, -0.25) is 15.5 Å². The minimum Gasteiger partial charge on any atom is -0.484 e. The summed E-state index contributed by atoms with van der Waals surface area (Å²) in [6, 6.07) is 3.58. The molecule has 6 nitrogen and oxygen atoms in total. The summed E-state index contributed by atoms with van der Waals surface area (Å²) in [6.45, 7) is 0.133. The maximum absolute atomic E-state index is 13.6. The van der Waals surface area contributed by atoms with Crippen molar-refractivity contribution in [1.29, 1.82) is 5.41 Å². The zero-order chi connectivity index (χ0) is 14.0. The van der Waals surface area contributed by atoms with Crippen LogP contribution in [0, 0.1) is 26.8 Å². The number of rotatable bonds is 6. The first-order valence-corrected chi connectivity index (χ1v) is 5.82. The average Bonchev–Trinajstić information content (AvgIpc) is 3.06. The van der Waals surface area contributed by atoms with E-state index in [1.165, 1.54) is 12.1 Å². The number of halogens is 1. The van der Waals surface area contributed by atoms with E-state index in [0.29, 0.717) is 6.42 Å². The van der Waals surface area contributed by atoms with E-state index in [1.54, 1.807) is 0 Å². The molecule has 0 spiro atoms. The molecule has 0 bridgehead atoms. The second-order valence-corrected chi connectivity index (χ2v) is 4.84. The van der Waals surface area contributed by atoms with Gasteiger partial charge in [-0.05, 0) is 18.9 Å². The standard InChI is InChI=1S/C12H14FN3O3/c13-8-2-1-3-9(16(17)18)11(8)19-7-12(4-5-12)6-10(14)15/h1-3H,4-7H2,(H3,14,15). The Morgan fingerprint density at radius 2 is 2.26 bits per heavy atom. The molecule has 0 radical (unpaired) electrons. The van der Waals surface area contributed by atoms with E-state index >= 15 is 0 Å². The number of nitro groups is 1. The Kier molecular flexibility index (Phi) is 3.37. The number of para-hydroxylation sites is 1. The molecule has 102 valence electrons. The Labute approximate surface area is 109 Å². The quantitative estimate of drug-likeness (QED) is 0.357. The molecular formula is C12H14FN3O3. The molecule has 1 saturated carbocycles. The highest BCUT2D eigenvalue weighted by molar-refractivity contribution is 5.78. The van der Waals surface area contributed by atoms with Crippen LogP contribution in [0.4, 0.5) is 10.1 Å². The molecule has 0 aromatic heterocycles. The van der Waals surface area contributed by atoms with E-state index in [2.05, 4.69) is 0 Å². The first-order valence-electron chi connectivity index (χ1n) is 5.82. The average molecular weight is 267 g/mol. The van der Waals surface area contributed by atoms with E-state index in [0.717, 1.165) is 18.9 Å². The summed E-state index contributed by atoms with van der Waals surface area (Å²) in [4.78, 5) is 10.1. The lowest BCUT2D eigenvalue weighted by molar-refractivity contribution is -0.386. The van der Waals surface area contributed by atoms with Gasteiger partial charge >= 0.3 is 5.69 Å². The van der Waals surface area contributed by atoms with Crippen LogP contribution in [-0.2, 0) is 0 Å². The summed E-state index contributed by atoms with van der Waals surface area (Å²) < 4.78 is 18.9. The molecule has 1 fully saturated rings. The van der Waals surface area contributed by atoms with Crippen LogP contribution in [-0.4, -0.2) is 17.4 Å². The Morgan fingerprint density at radius 3 is 2.79 bits per heavy atom. The van der Waals surface area contributed by atoms with E-state index in [9.17, 15) is 14.5 Å². The maximum atomic E-state index is 13.6. The lowest BCUT2D eigenvalue weighted by atomic mass is 10.0. The molecule has 1 aromatic carbocycles. The molecule has 0 aliphatic heterocycles. The number of hydrogen-bond acceptors (Lipinski definition) is 4. The molecule has 7 heteroatoms. The molecule has 1 aliphatic rings. The summed E-state index contributed by atoms with van der Waals surface area (Å²) >= 11 is 0. The van der Waals surface area contributed by atoms with Crippen molar-refractivity contribution >= 4 is 11.5 Å². The van der Waals surface area contributed by atoms with Gasteiger partial charge in [-0.15, -0.1) is 0 Å². The summed E-state index contributed by atoms with van der Waals surface area (Å²) in [6.07, 6.45) is 2.03. The summed E-state index contributed by atoms with van der Waals surface area (Å²) in [5.74, 6) is -1.06. The number of amidine groups is 1. The van der Waals surface area contributed by atoms with E-state index < -0.39 is 16.4 Å². The topological polar surface area (TPSA) is 102 Å². The summed E-state index contributed by atoms with van der Waals surface area (Å²) in [5, 5.41) is 18.1. The largest absolute Gasteiger partial charge is 0.484 e. The van der Waals surface area contributed by atoms with Gasteiger partial charge in [0.15, 0.2) is 5.82 Å². The second-order valence-electron chi connectivity index (χ2n) is 4.84. The summed E-state index contributed by atoms with van der Waals surface area (Å²) in [5.41, 5.74) is 4.69. The van der Waals surface area contributed by atoms with Crippen LogP contribution in [0.2, 0.25) is 0 Å². The van der Waals surface area contributed by atoms with Crippen molar-refractivity contribution in [3.05, 3.63) is 34.1 Å². The number of hydrogen-bond donors (Lipinski definition) is 2. The molecule has 0 saturated heterocycles. The number of ether oxygens (including phenoxy) is 1. The fraction of sp³-hybridized carbons (Fsp3) is 0.417. The van der Waals surface area contributed by atoms with Crippen molar-refractivity contribution in [2.45, 2.75) is 19.3 Å². The molecule has 3 N–H and O–H groups in total. The molecule has 1 aliphatic carbocycles. The van der Waals surface area contributed by atoms with Crippen molar-refractivity contribution in [3.63, 3.8) is 0 Å². The first kappa shape index (κ1) is 13.3. The fourth-order valence-corrected chi connectivity index (χ4v) is 1.96. The van der Waals surface area contributed by atoms with Gasteiger partial charge in [0.2, 0.25) is 5.75 Å². The first-order chi connectivity index (χ1) is 8.93. The minimum absolute atomic E-state index is 0.0455. The van der Waals surface area contributed by atoms with Gasteiger partial charge in [0.05, 0.1) is 17.4 Å². The van der Waals surface area contributed by atoms with Gasteiger partial charge in [-0.2, -0.15) is 0 Å². The zero-order valence-electron chi connectivity index (χ0n) is 10.2. The third-order valence-electron chi connectivity index (χ3n) is 3.19. The van der Waals surface area contributed by atoms with Gasteiger partial charge in [-0.1, -0.05) is 6.07 Å². The van der Waals surface area contributed by atoms with Gasteiger partial charge in [0, 0.05) is 17.9 Å². The molecular weight excluding hydrogens is 253 g/mol. The van der Waals surface area contributed by atoms with Gasteiger partial charge in [-0.25, -0.2) is 4.39 Å². The molecule has 0 amide bonds. The Morgan fingerprint density at radius 1 is 1.58 bits per heavy atom. The molecule has 0 atom stereocenters. The predicted molar refractivity (Wildman–Crippen MR) is 66.7 cm³/mol. The molecule has 19 heavy (non-hydrogen) atoms. The normalized spacial score (nSPS) is 15.8. The van der Waals surface area contributed by atoms with Crippen LogP contribution in [0.25, 0.3) is 0 Å². The van der Waals surface area contributed by atoms with Crippen LogP contribution >= 0.6 is 0 Å². The van der Waals surface area contributed by atoms with Crippen LogP contribution in [0.15, 0.2) is 18.2 Å². The maximum Gasteiger partial charge on any atom is 0.314 e. The Balaban J connectivity index is 2.12. The number of benzene rings is 1. The number of nitrogens with zero attached hydrogens (tertiary/aromatic N) is 1. The lowest BCUT2D eigenvalue weighted by Gasteiger charge is -2.15. The van der Waals surface area contributed by atoms with Crippen LogP contribution < -0.4 is 10.5 Å². The predicted octanol–water partition coefficient (Wildman–Crippen LogP) is 2.22. The smallest absolute Gasteiger partial charge is 0.314 e. The fourth-order valence-electron chi connectivity index (χ4n) is 1.96. The molecule has 2 rings (SSSR count). The Bertz CT molecular complexity index is 529. The van der Waals surface area contributed by atoms with Crippen LogP contribution in [0.5, 0.6) is 5.75 Å². The highest BCUT2D eigenvalue weighted by atomic mass is 19.1. The minimum atomic E-state index is -0.757. The highest BCUT2D eigenvalue weighted by Crippen LogP contribution is 2.49. The second kappa shape index (κ2) is 4.83. The monoisotopic (exact) mass is 267 g/mol. The van der Waals surface area contributed by atoms with Crippen LogP contribution in [0.3, 0.4) is 0 Å². The van der Waals surface area contributed by atoms with E-state index in [-0.39, 0.29) is 23.6 Å². The number of nitro benzene ring substituents is 1. The van der Waals surface area contributed by atoms with Gasteiger partial charge in [0.25, 0.3) is 0 Å². The van der Waals surface area contributed by atoms with Crippen molar-refractivity contribution in [3.8, 4) is 5.75 Å². The van der Waals surface area contributed by atoms with Gasteiger partial charge < -0.3 is 10.5 Å².